The van der Waals surface area contributed by atoms with Crippen LogP contribution >= 0.6 is 0 Å². The third-order valence-electron chi connectivity index (χ3n) is 6.76. The summed E-state index contributed by atoms with van der Waals surface area (Å²) in [6.45, 7) is 11.8. The Morgan fingerprint density at radius 1 is 1.21 bits per heavy atom. The summed E-state index contributed by atoms with van der Waals surface area (Å²) in [6.07, 6.45) is -0.101. The first-order chi connectivity index (χ1) is 15.4. The average molecular weight is 465 g/mol. The molecule has 182 valence electrons. The Kier molecular flexibility index (Phi) is 6.89. The SMILES string of the molecule is C=C1C(=O)O[C@@H]2[C@@H]1[C@H](OC(=O)/C(C)=C\C)C1(O)OC(C[C@@H]1C)C[C@@](C)(O)[C@H]2OC(=O)/C=C\C. The molecule has 9 nitrogen and oxygen atoms in total. The summed E-state index contributed by atoms with van der Waals surface area (Å²) in [6, 6.07) is 0. The number of hydrogen-bond donors (Lipinski definition) is 2. The van der Waals surface area contributed by atoms with Gasteiger partial charge in [-0.3, -0.25) is 0 Å². The van der Waals surface area contributed by atoms with Crippen LogP contribution < -0.4 is 0 Å². The van der Waals surface area contributed by atoms with E-state index in [2.05, 4.69) is 6.58 Å². The van der Waals surface area contributed by atoms with Crippen molar-refractivity contribution in [2.24, 2.45) is 11.8 Å². The van der Waals surface area contributed by atoms with E-state index in [-0.39, 0.29) is 17.6 Å². The van der Waals surface area contributed by atoms with E-state index in [0.29, 0.717) is 6.42 Å². The molecule has 2 N–H and O–H groups in total. The second kappa shape index (κ2) is 9.04. The summed E-state index contributed by atoms with van der Waals surface area (Å²) in [5, 5.41) is 23.0. The van der Waals surface area contributed by atoms with E-state index in [9.17, 15) is 24.6 Å². The zero-order chi connectivity index (χ0) is 24.7. The van der Waals surface area contributed by atoms with E-state index in [1.165, 1.54) is 19.1 Å². The van der Waals surface area contributed by atoms with E-state index in [1.807, 2.05) is 0 Å². The van der Waals surface area contributed by atoms with Crippen LogP contribution in [0.3, 0.4) is 0 Å². The summed E-state index contributed by atoms with van der Waals surface area (Å²) in [4.78, 5) is 37.7. The highest BCUT2D eigenvalue weighted by Gasteiger charge is 2.65. The van der Waals surface area contributed by atoms with Crippen molar-refractivity contribution in [3.8, 4) is 0 Å². The maximum atomic E-state index is 12.7. The number of rotatable bonds is 4. The number of esters is 3. The topological polar surface area (TPSA) is 129 Å². The molecule has 3 aliphatic heterocycles. The number of fused-ring (bicyclic) bond motifs is 3. The van der Waals surface area contributed by atoms with Crippen LogP contribution in [0, 0.1) is 11.8 Å². The molecular weight excluding hydrogens is 432 g/mol. The molecule has 33 heavy (non-hydrogen) atoms. The van der Waals surface area contributed by atoms with Gasteiger partial charge in [0.15, 0.2) is 18.3 Å². The summed E-state index contributed by atoms with van der Waals surface area (Å²) in [5.41, 5.74) is -1.48. The smallest absolute Gasteiger partial charge is 0.334 e. The molecule has 0 amide bonds. The molecule has 2 bridgehead atoms. The lowest BCUT2D eigenvalue weighted by molar-refractivity contribution is -0.277. The Morgan fingerprint density at radius 3 is 2.48 bits per heavy atom. The molecule has 2 unspecified atom stereocenters. The second-order valence-electron chi connectivity index (χ2n) is 9.27. The van der Waals surface area contributed by atoms with E-state index >= 15 is 0 Å². The molecule has 3 heterocycles. The molecule has 3 saturated heterocycles. The van der Waals surface area contributed by atoms with Crippen molar-refractivity contribution in [1.82, 2.24) is 0 Å². The highest BCUT2D eigenvalue weighted by atomic mass is 16.7. The fourth-order valence-corrected chi connectivity index (χ4v) is 4.85. The number of carbonyl (C=O) groups excluding carboxylic acids is 3. The molecule has 3 aliphatic rings. The summed E-state index contributed by atoms with van der Waals surface area (Å²) in [7, 11) is 0. The monoisotopic (exact) mass is 464 g/mol. The third kappa shape index (κ3) is 4.49. The molecule has 0 spiro atoms. The number of allylic oxidation sites excluding steroid dienone is 2. The van der Waals surface area contributed by atoms with Gasteiger partial charge in [-0.2, -0.15) is 0 Å². The van der Waals surface area contributed by atoms with Crippen LogP contribution in [0.25, 0.3) is 0 Å². The first kappa shape index (κ1) is 25.1. The number of ether oxygens (including phenoxy) is 4. The van der Waals surface area contributed by atoms with Crippen molar-refractivity contribution in [3.63, 3.8) is 0 Å². The minimum absolute atomic E-state index is 0.0186. The van der Waals surface area contributed by atoms with Crippen molar-refractivity contribution in [2.45, 2.75) is 83.3 Å². The molecule has 8 atom stereocenters. The van der Waals surface area contributed by atoms with Gasteiger partial charge in [-0.05, 0) is 34.1 Å². The fourth-order valence-electron chi connectivity index (χ4n) is 4.85. The first-order valence-electron chi connectivity index (χ1n) is 11.0. The molecule has 3 rings (SSSR count). The largest absolute Gasteiger partial charge is 0.454 e. The molecule has 9 heteroatoms. The minimum Gasteiger partial charge on any atom is -0.454 e. The van der Waals surface area contributed by atoms with Gasteiger partial charge in [0.2, 0.25) is 5.79 Å². The van der Waals surface area contributed by atoms with Gasteiger partial charge in [0, 0.05) is 29.6 Å². The second-order valence-corrected chi connectivity index (χ2v) is 9.27. The standard InChI is InChI=1S/C24H32O9/c1-7-9-16(25)30-20-18-17(14(5)22(27)31-18)19(32-21(26)12(3)8-2)24(29)13(4)10-15(33-24)11-23(20,6)28/h7-9,13,15,17-20,28-29H,5,10-11H2,1-4,6H3/b9-7-,12-8-/t13-,15?,17+,18+,19-,20-,23+,24?/m0/s1. The lowest BCUT2D eigenvalue weighted by Crippen LogP contribution is -2.58. The zero-order valence-electron chi connectivity index (χ0n) is 19.6. The predicted octanol–water partition coefficient (Wildman–Crippen LogP) is 1.72. The van der Waals surface area contributed by atoms with Crippen LogP contribution in [0.4, 0.5) is 0 Å². The van der Waals surface area contributed by atoms with Crippen molar-refractivity contribution in [2.75, 3.05) is 0 Å². The molecule has 0 aromatic carbocycles. The highest BCUT2D eigenvalue weighted by Crippen LogP contribution is 2.50. The Balaban J connectivity index is 2.16. The van der Waals surface area contributed by atoms with E-state index in [0.717, 1.165) is 0 Å². The lowest BCUT2D eigenvalue weighted by Gasteiger charge is -2.41. The summed E-state index contributed by atoms with van der Waals surface area (Å²) >= 11 is 0. The van der Waals surface area contributed by atoms with Crippen LogP contribution in [-0.4, -0.2) is 63.9 Å². The van der Waals surface area contributed by atoms with Crippen LogP contribution in [0.1, 0.15) is 47.5 Å². The van der Waals surface area contributed by atoms with Gasteiger partial charge < -0.3 is 29.2 Å². The van der Waals surface area contributed by atoms with Gasteiger partial charge >= 0.3 is 17.9 Å². The molecule has 0 radical (unpaired) electrons. The number of carbonyl (C=O) groups is 3. The van der Waals surface area contributed by atoms with E-state index in [1.54, 1.807) is 33.8 Å². The fraction of sp³-hybridized carbons (Fsp3) is 0.625. The molecule has 0 saturated carbocycles. The predicted molar refractivity (Wildman–Crippen MR) is 115 cm³/mol. The molecule has 3 fully saturated rings. The Morgan fingerprint density at radius 2 is 1.88 bits per heavy atom. The Bertz CT molecular complexity index is 902. The minimum atomic E-state index is -1.98. The molecule has 0 aromatic heterocycles. The van der Waals surface area contributed by atoms with Gasteiger partial charge in [-0.25, -0.2) is 14.4 Å². The zero-order valence-corrected chi connectivity index (χ0v) is 19.6. The maximum absolute atomic E-state index is 12.7. The van der Waals surface area contributed by atoms with Crippen molar-refractivity contribution < 1.29 is 43.5 Å². The van der Waals surface area contributed by atoms with Gasteiger partial charge in [0.25, 0.3) is 0 Å². The summed E-state index contributed by atoms with van der Waals surface area (Å²) < 4.78 is 22.8. The maximum Gasteiger partial charge on any atom is 0.334 e. The van der Waals surface area contributed by atoms with Gasteiger partial charge in [-0.15, -0.1) is 0 Å². The molecule has 0 aliphatic carbocycles. The van der Waals surface area contributed by atoms with Crippen LogP contribution in [0.2, 0.25) is 0 Å². The van der Waals surface area contributed by atoms with Gasteiger partial charge in [-0.1, -0.05) is 25.7 Å². The highest BCUT2D eigenvalue weighted by molar-refractivity contribution is 5.92. The molecular formula is C24H32O9. The van der Waals surface area contributed by atoms with E-state index < -0.39 is 65.5 Å². The van der Waals surface area contributed by atoms with Crippen molar-refractivity contribution in [3.05, 3.63) is 36.0 Å². The average Bonchev–Trinajstić information content (AvgIpc) is 3.18. The van der Waals surface area contributed by atoms with Gasteiger partial charge in [0.1, 0.15) is 5.60 Å². The van der Waals surface area contributed by atoms with Crippen molar-refractivity contribution >= 4 is 17.9 Å². The normalized spacial score (nSPS) is 41.1. The van der Waals surface area contributed by atoms with Crippen LogP contribution in [-0.2, 0) is 33.3 Å². The lowest BCUT2D eigenvalue weighted by atomic mass is 9.75. The Labute approximate surface area is 193 Å². The number of hydrogen-bond acceptors (Lipinski definition) is 9. The summed E-state index contributed by atoms with van der Waals surface area (Å²) in [5.74, 6) is -5.88. The first-order valence-corrected chi connectivity index (χ1v) is 11.0. The van der Waals surface area contributed by atoms with Crippen molar-refractivity contribution in [1.29, 1.82) is 0 Å². The van der Waals surface area contributed by atoms with E-state index in [4.69, 9.17) is 18.9 Å². The Hall–Kier alpha value is -2.49. The number of aliphatic hydroxyl groups is 2. The van der Waals surface area contributed by atoms with Crippen LogP contribution in [0.15, 0.2) is 36.0 Å². The van der Waals surface area contributed by atoms with Crippen LogP contribution in [0.5, 0.6) is 0 Å². The quantitative estimate of drug-likeness (QED) is 0.363. The third-order valence-corrected chi connectivity index (χ3v) is 6.76. The van der Waals surface area contributed by atoms with Gasteiger partial charge in [0.05, 0.1) is 12.0 Å². The molecule has 0 aromatic rings.